The molecule has 2 aromatic rings. The van der Waals surface area contributed by atoms with Gasteiger partial charge in [-0.3, -0.25) is 9.69 Å². The van der Waals surface area contributed by atoms with Gasteiger partial charge in [-0.15, -0.1) is 0 Å². The van der Waals surface area contributed by atoms with Gasteiger partial charge in [-0.05, 0) is 17.7 Å². The van der Waals surface area contributed by atoms with Gasteiger partial charge < -0.3 is 4.74 Å². The van der Waals surface area contributed by atoms with Crippen LogP contribution in [0.5, 0.6) is 5.75 Å². The third kappa shape index (κ3) is 3.33. The van der Waals surface area contributed by atoms with E-state index in [1.807, 2.05) is 0 Å². The van der Waals surface area contributed by atoms with Crippen molar-refractivity contribution < 1.29 is 9.13 Å². The summed E-state index contributed by atoms with van der Waals surface area (Å²) in [4.78, 5) is 13.9. The van der Waals surface area contributed by atoms with Gasteiger partial charge in [0, 0.05) is 45.2 Å². The van der Waals surface area contributed by atoms with Gasteiger partial charge in [0.2, 0.25) is 0 Å². The molecule has 0 amide bonds. The summed E-state index contributed by atoms with van der Waals surface area (Å²) in [5.74, 6) is 0.235. The van der Waals surface area contributed by atoms with Crippen LogP contribution in [0.15, 0.2) is 35.1 Å². The minimum Gasteiger partial charge on any atom is -0.492 e. The Morgan fingerprint density at radius 1 is 1.36 bits per heavy atom. The van der Waals surface area contributed by atoms with Crippen LogP contribution >= 0.6 is 0 Å². The number of nitrogens with zero attached hydrogens (tertiary/aromatic N) is 3. The van der Waals surface area contributed by atoms with E-state index in [1.165, 1.54) is 16.8 Å². The molecule has 0 saturated heterocycles. The van der Waals surface area contributed by atoms with Crippen molar-refractivity contribution >= 4 is 0 Å². The van der Waals surface area contributed by atoms with Gasteiger partial charge in [0.25, 0.3) is 5.56 Å². The average Bonchev–Trinajstić information content (AvgIpc) is 2.49. The zero-order valence-corrected chi connectivity index (χ0v) is 12.5. The fourth-order valence-electron chi connectivity index (χ4n) is 2.59. The van der Waals surface area contributed by atoms with E-state index in [0.717, 1.165) is 30.8 Å². The maximum atomic E-state index is 13.1. The highest BCUT2D eigenvalue weighted by Crippen LogP contribution is 2.15. The van der Waals surface area contributed by atoms with Crippen molar-refractivity contribution in [3.8, 4) is 5.75 Å². The molecule has 0 bridgehead atoms. The van der Waals surface area contributed by atoms with Crippen molar-refractivity contribution in [2.45, 2.75) is 13.0 Å². The fraction of sp³-hybridized carbons (Fsp3) is 0.375. The van der Waals surface area contributed by atoms with Gasteiger partial charge in [0.05, 0.1) is 5.69 Å². The molecule has 0 spiro atoms. The quantitative estimate of drug-likeness (QED) is 0.855. The molecule has 1 aliphatic heterocycles. The number of fused-ring (bicyclic) bond motifs is 1. The molecule has 0 atom stereocenters. The number of hydrogen-bond acceptors (Lipinski definition) is 4. The highest BCUT2D eigenvalue weighted by Gasteiger charge is 2.18. The van der Waals surface area contributed by atoms with Gasteiger partial charge in [0.1, 0.15) is 18.2 Å². The Morgan fingerprint density at radius 2 is 2.23 bits per heavy atom. The lowest BCUT2D eigenvalue weighted by Crippen LogP contribution is -2.36. The smallest absolute Gasteiger partial charge is 0.266 e. The maximum absolute atomic E-state index is 13.1. The Bertz CT molecular complexity index is 730. The minimum absolute atomic E-state index is 0.0865. The Balaban J connectivity index is 1.56. The molecule has 2 heterocycles. The van der Waals surface area contributed by atoms with Crippen molar-refractivity contribution in [2.75, 3.05) is 19.7 Å². The van der Waals surface area contributed by atoms with Crippen molar-refractivity contribution in [2.24, 2.45) is 7.05 Å². The molecule has 3 rings (SSSR count). The highest BCUT2D eigenvalue weighted by molar-refractivity contribution is 5.22. The second-order valence-corrected chi connectivity index (χ2v) is 5.41. The van der Waals surface area contributed by atoms with Crippen LogP contribution in [0.1, 0.15) is 11.3 Å². The first-order valence-corrected chi connectivity index (χ1v) is 7.28. The first kappa shape index (κ1) is 14.7. The lowest BCUT2D eigenvalue weighted by molar-refractivity contribution is 0.194. The van der Waals surface area contributed by atoms with Crippen LogP contribution in [0.3, 0.4) is 0 Å². The molecular weight excluding hydrogens is 285 g/mol. The summed E-state index contributed by atoms with van der Waals surface area (Å²) in [7, 11) is 1.67. The third-order valence-corrected chi connectivity index (χ3v) is 3.79. The molecule has 0 saturated carbocycles. The third-order valence-electron chi connectivity index (χ3n) is 3.79. The lowest BCUT2D eigenvalue weighted by Gasteiger charge is -2.27. The first-order chi connectivity index (χ1) is 10.6. The van der Waals surface area contributed by atoms with Crippen molar-refractivity contribution in [3.63, 3.8) is 0 Å². The second kappa shape index (κ2) is 6.27. The first-order valence-electron chi connectivity index (χ1n) is 7.28. The summed E-state index contributed by atoms with van der Waals surface area (Å²) in [6.45, 7) is 2.79. The molecule has 0 fully saturated rings. The van der Waals surface area contributed by atoms with Crippen LogP contribution in [0.25, 0.3) is 0 Å². The summed E-state index contributed by atoms with van der Waals surface area (Å²) in [5.41, 5.74) is 1.89. The lowest BCUT2D eigenvalue weighted by atomic mass is 10.1. The molecule has 116 valence electrons. The zero-order chi connectivity index (χ0) is 15.5. The number of aromatic nitrogens is 2. The number of rotatable bonds is 4. The molecule has 1 aliphatic rings. The topological polar surface area (TPSA) is 47.4 Å². The highest BCUT2D eigenvalue weighted by atomic mass is 19.1. The summed E-state index contributed by atoms with van der Waals surface area (Å²) in [6, 6.07) is 7.79. The SMILES string of the molecule is Cn1nc2c(cc1=O)CN(CCOc1cccc(F)c1)CC2. The summed E-state index contributed by atoms with van der Waals surface area (Å²) in [5, 5.41) is 4.29. The van der Waals surface area contributed by atoms with E-state index >= 15 is 0 Å². The number of benzene rings is 1. The largest absolute Gasteiger partial charge is 0.492 e. The van der Waals surface area contributed by atoms with Crippen molar-refractivity contribution in [3.05, 3.63) is 57.8 Å². The van der Waals surface area contributed by atoms with Crippen LogP contribution in [0.2, 0.25) is 0 Å². The van der Waals surface area contributed by atoms with Crippen molar-refractivity contribution in [1.29, 1.82) is 0 Å². The normalized spacial score (nSPS) is 14.6. The van der Waals surface area contributed by atoms with Gasteiger partial charge in [-0.1, -0.05) is 6.07 Å². The van der Waals surface area contributed by atoms with Gasteiger partial charge in [-0.2, -0.15) is 5.10 Å². The van der Waals surface area contributed by atoms with Crippen LogP contribution in [-0.2, 0) is 20.0 Å². The summed E-state index contributed by atoms with van der Waals surface area (Å²) >= 11 is 0. The molecule has 1 aromatic heterocycles. The van der Waals surface area contributed by atoms with E-state index in [9.17, 15) is 9.18 Å². The molecule has 0 N–H and O–H groups in total. The molecule has 0 radical (unpaired) electrons. The Morgan fingerprint density at radius 3 is 3.05 bits per heavy atom. The van der Waals surface area contributed by atoms with E-state index < -0.39 is 0 Å². The summed E-state index contributed by atoms with van der Waals surface area (Å²) < 4.78 is 20.0. The molecule has 22 heavy (non-hydrogen) atoms. The molecule has 0 aliphatic carbocycles. The molecule has 0 unspecified atom stereocenters. The number of ether oxygens (including phenoxy) is 1. The van der Waals surface area contributed by atoms with Crippen LogP contribution in [-0.4, -0.2) is 34.4 Å². The second-order valence-electron chi connectivity index (χ2n) is 5.41. The molecule has 1 aromatic carbocycles. The van der Waals surface area contributed by atoms with E-state index in [2.05, 4.69) is 10.00 Å². The van der Waals surface area contributed by atoms with Crippen LogP contribution in [0, 0.1) is 5.82 Å². The van der Waals surface area contributed by atoms with Gasteiger partial charge in [-0.25, -0.2) is 9.07 Å². The van der Waals surface area contributed by atoms with E-state index in [0.29, 0.717) is 18.9 Å². The Hall–Kier alpha value is -2.21. The van der Waals surface area contributed by atoms with E-state index in [1.54, 1.807) is 25.2 Å². The number of halogens is 1. The average molecular weight is 303 g/mol. The molecular formula is C16H18FN3O2. The summed E-state index contributed by atoms with van der Waals surface area (Å²) in [6.07, 6.45) is 0.823. The molecule has 6 heteroatoms. The van der Waals surface area contributed by atoms with E-state index in [4.69, 9.17) is 4.74 Å². The zero-order valence-electron chi connectivity index (χ0n) is 12.5. The number of aryl methyl sites for hydroxylation is 1. The van der Waals surface area contributed by atoms with Crippen LogP contribution < -0.4 is 10.3 Å². The monoisotopic (exact) mass is 303 g/mol. The maximum Gasteiger partial charge on any atom is 0.266 e. The standard InChI is InChI=1S/C16H18FN3O2/c1-19-16(21)9-12-11-20(6-5-15(12)18-19)7-8-22-14-4-2-3-13(17)10-14/h2-4,9-10H,5-8,11H2,1H3. The molecule has 5 nitrogen and oxygen atoms in total. The predicted octanol–water partition coefficient (Wildman–Crippen LogP) is 1.36. The number of hydrogen-bond donors (Lipinski definition) is 0. The van der Waals surface area contributed by atoms with Gasteiger partial charge >= 0.3 is 0 Å². The Labute approximate surface area is 127 Å². The van der Waals surface area contributed by atoms with Crippen LogP contribution in [0.4, 0.5) is 4.39 Å². The minimum atomic E-state index is -0.300. The van der Waals surface area contributed by atoms with Gasteiger partial charge in [0.15, 0.2) is 0 Å². The van der Waals surface area contributed by atoms with E-state index in [-0.39, 0.29) is 11.4 Å². The van der Waals surface area contributed by atoms with Crippen molar-refractivity contribution in [1.82, 2.24) is 14.7 Å². The Kier molecular flexibility index (Phi) is 4.20. The predicted molar refractivity (Wildman–Crippen MR) is 80.4 cm³/mol. The fourth-order valence-corrected chi connectivity index (χ4v) is 2.59.